The molecule has 3 N–H and O–H groups in total. The quantitative estimate of drug-likeness (QED) is 0.479. The van der Waals surface area contributed by atoms with Crippen molar-refractivity contribution in [3.63, 3.8) is 0 Å². The zero-order valence-corrected chi connectivity index (χ0v) is 19.2. The Hall–Kier alpha value is -4.14. The van der Waals surface area contributed by atoms with Crippen LogP contribution in [0.3, 0.4) is 0 Å². The molecule has 1 fully saturated rings. The number of aromatic nitrogens is 2. The molecule has 0 aliphatic heterocycles. The van der Waals surface area contributed by atoms with Gasteiger partial charge in [0.2, 0.25) is 0 Å². The summed E-state index contributed by atoms with van der Waals surface area (Å²) >= 11 is 0. The highest BCUT2D eigenvalue weighted by molar-refractivity contribution is 6.01. The molecule has 35 heavy (non-hydrogen) atoms. The molecule has 2 aromatic carbocycles. The predicted octanol–water partition coefficient (Wildman–Crippen LogP) is 3.76. The number of carbonyl (C=O) groups is 3. The number of rotatable bonds is 7. The molecule has 1 saturated carbocycles. The third-order valence-corrected chi connectivity index (χ3v) is 6.77. The van der Waals surface area contributed by atoms with Crippen molar-refractivity contribution < 1.29 is 24.2 Å². The largest absolute Gasteiger partial charge is 0.481 e. The fraction of sp³-hybridized carbons (Fsp3) is 0.308. The van der Waals surface area contributed by atoms with E-state index in [2.05, 4.69) is 27.9 Å². The molecular formula is C26H26N4O5. The maximum absolute atomic E-state index is 12.8. The van der Waals surface area contributed by atoms with Gasteiger partial charge in [0, 0.05) is 25.4 Å². The molecule has 1 heterocycles. The van der Waals surface area contributed by atoms with Gasteiger partial charge in [-0.1, -0.05) is 48.5 Å². The highest BCUT2D eigenvalue weighted by Gasteiger charge is 2.33. The monoisotopic (exact) mass is 474 g/mol. The summed E-state index contributed by atoms with van der Waals surface area (Å²) in [4.78, 5) is 36.3. The molecule has 0 unspecified atom stereocenters. The Morgan fingerprint density at radius 3 is 2.31 bits per heavy atom. The standard InChI is InChI=1S/C26H26N4O5/c1-30-24(25(33)28-16-10-15(11-16)12-23(31)32)22(13-27-30)29-26(34)35-14-21-19-8-4-2-6-17(19)18-7-3-5-9-20(18)21/h2-9,13,15-16,21H,10-12,14H2,1H3,(H,28,33)(H,29,34)(H,31,32). The van der Waals surface area contributed by atoms with Gasteiger partial charge in [0.15, 0.2) is 0 Å². The Morgan fingerprint density at radius 1 is 1.06 bits per heavy atom. The van der Waals surface area contributed by atoms with E-state index in [4.69, 9.17) is 9.84 Å². The van der Waals surface area contributed by atoms with Gasteiger partial charge >= 0.3 is 12.1 Å². The number of carbonyl (C=O) groups excluding carboxylic acids is 2. The smallest absolute Gasteiger partial charge is 0.411 e. The maximum Gasteiger partial charge on any atom is 0.411 e. The maximum atomic E-state index is 12.8. The number of nitrogens with one attached hydrogen (secondary N) is 2. The van der Waals surface area contributed by atoms with E-state index in [-0.39, 0.29) is 48.2 Å². The number of hydrogen-bond donors (Lipinski definition) is 3. The van der Waals surface area contributed by atoms with E-state index in [0.717, 1.165) is 22.3 Å². The number of carboxylic acids is 1. The van der Waals surface area contributed by atoms with E-state index >= 15 is 0 Å². The van der Waals surface area contributed by atoms with E-state index in [1.807, 2.05) is 36.4 Å². The van der Waals surface area contributed by atoms with Gasteiger partial charge in [0.05, 0.1) is 11.9 Å². The van der Waals surface area contributed by atoms with Gasteiger partial charge in [-0.25, -0.2) is 4.79 Å². The summed E-state index contributed by atoms with van der Waals surface area (Å²) in [5.74, 6) is -1.20. The van der Waals surface area contributed by atoms with Crippen molar-refractivity contribution in [2.24, 2.45) is 13.0 Å². The molecule has 3 aromatic rings. The lowest BCUT2D eigenvalue weighted by Gasteiger charge is -2.34. The molecular weight excluding hydrogens is 448 g/mol. The van der Waals surface area contributed by atoms with E-state index in [9.17, 15) is 14.4 Å². The second kappa shape index (κ2) is 9.25. The molecule has 0 atom stereocenters. The number of anilines is 1. The summed E-state index contributed by atoms with van der Waals surface area (Å²) in [6, 6.07) is 16.1. The van der Waals surface area contributed by atoms with Crippen molar-refractivity contribution in [3.8, 4) is 11.1 Å². The SMILES string of the molecule is Cn1ncc(NC(=O)OCC2c3ccccc3-c3ccccc32)c1C(=O)NC1CC(CC(=O)O)C1. The van der Waals surface area contributed by atoms with E-state index in [0.29, 0.717) is 12.8 Å². The molecule has 180 valence electrons. The fourth-order valence-corrected chi connectivity index (χ4v) is 5.06. The minimum atomic E-state index is -0.832. The molecule has 0 spiro atoms. The first-order valence-corrected chi connectivity index (χ1v) is 11.6. The number of hydrogen-bond acceptors (Lipinski definition) is 5. The molecule has 2 aliphatic carbocycles. The summed E-state index contributed by atoms with van der Waals surface area (Å²) in [5.41, 5.74) is 4.98. The summed E-state index contributed by atoms with van der Waals surface area (Å²) in [6.07, 6.45) is 2.08. The first-order chi connectivity index (χ1) is 16.9. The van der Waals surface area contributed by atoms with Crippen LogP contribution in [0.15, 0.2) is 54.7 Å². The average Bonchev–Trinajstić information content (AvgIpc) is 3.33. The third-order valence-electron chi connectivity index (χ3n) is 6.77. The molecule has 5 rings (SSSR count). The molecule has 0 bridgehead atoms. The lowest BCUT2D eigenvalue weighted by molar-refractivity contribution is -0.138. The van der Waals surface area contributed by atoms with Gasteiger partial charge < -0.3 is 15.2 Å². The van der Waals surface area contributed by atoms with Crippen molar-refractivity contribution in [2.75, 3.05) is 11.9 Å². The number of benzene rings is 2. The van der Waals surface area contributed by atoms with Crippen LogP contribution in [0.1, 0.15) is 46.8 Å². The molecule has 2 amide bonds. The highest BCUT2D eigenvalue weighted by Crippen LogP contribution is 2.44. The van der Waals surface area contributed by atoms with Crippen LogP contribution in [0.5, 0.6) is 0 Å². The van der Waals surface area contributed by atoms with Crippen LogP contribution in [0.25, 0.3) is 11.1 Å². The number of ether oxygens (including phenoxy) is 1. The van der Waals surface area contributed by atoms with Gasteiger partial charge in [-0.15, -0.1) is 0 Å². The van der Waals surface area contributed by atoms with Crippen LogP contribution in [0.4, 0.5) is 10.5 Å². The molecule has 0 saturated heterocycles. The number of aryl methyl sites for hydroxylation is 1. The topological polar surface area (TPSA) is 123 Å². The van der Waals surface area contributed by atoms with Crippen molar-refractivity contribution in [3.05, 3.63) is 71.5 Å². The van der Waals surface area contributed by atoms with Crippen molar-refractivity contribution in [1.29, 1.82) is 0 Å². The average molecular weight is 475 g/mol. The highest BCUT2D eigenvalue weighted by atomic mass is 16.5. The van der Waals surface area contributed by atoms with Gasteiger partial charge in [0.1, 0.15) is 12.3 Å². The Balaban J connectivity index is 1.21. The lowest BCUT2D eigenvalue weighted by Crippen LogP contribution is -2.45. The minimum Gasteiger partial charge on any atom is -0.481 e. The van der Waals surface area contributed by atoms with Crippen LogP contribution in [0, 0.1) is 5.92 Å². The number of aliphatic carboxylic acids is 1. The fourth-order valence-electron chi connectivity index (χ4n) is 5.06. The minimum absolute atomic E-state index is 0.0674. The second-order valence-corrected chi connectivity index (χ2v) is 9.09. The number of fused-ring (bicyclic) bond motifs is 3. The molecule has 9 heteroatoms. The van der Waals surface area contributed by atoms with Crippen molar-refractivity contribution in [2.45, 2.75) is 31.2 Å². The third kappa shape index (κ3) is 4.49. The Bertz CT molecular complexity index is 1250. The lowest BCUT2D eigenvalue weighted by atomic mass is 9.78. The van der Waals surface area contributed by atoms with Crippen molar-refractivity contribution in [1.82, 2.24) is 15.1 Å². The van der Waals surface area contributed by atoms with Gasteiger partial charge in [-0.3, -0.25) is 19.6 Å². The number of carboxylic acid groups (broad SMARTS) is 1. The summed E-state index contributed by atoms with van der Waals surface area (Å²) in [5, 5.41) is 18.5. The first-order valence-electron chi connectivity index (χ1n) is 11.6. The normalized spacial score (nSPS) is 18.2. The Morgan fingerprint density at radius 2 is 1.69 bits per heavy atom. The number of amides is 2. The first kappa shape index (κ1) is 22.6. The Kier molecular flexibility index (Phi) is 5.98. The molecule has 0 radical (unpaired) electrons. The van der Waals surface area contributed by atoms with Crippen LogP contribution >= 0.6 is 0 Å². The zero-order valence-electron chi connectivity index (χ0n) is 19.2. The molecule has 9 nitrogen and oxygen atoms in total. The zero-order chi connectivity index (χ0) is 24.5. The Labute approximate surface area is 202 Å². The van der Waals surface area contributed by atoms with Crippen molar-refractivity contribution >= 4 is 23.7 Å². The van der Waals surface area contributed by atoms with E-state index in [1.54, 1.807) is 7.05 Å². The summed E-state index contributed by atoms with van der Waals surface area (Å²) in [7, 11) is 1.62. The predicted molar refractivity (Wildman–Crippen MR) is 128 cm³/mol. The van der Waals surface area contributed by atoms with E-state index in [1.165, 1.54) is 10.9 Å². The van der Waals surface area contributed by atoms with Gasteiger partial charge in [-0.2, -0.15) is 5.10 Å². The molecule has 2 aliphatic rings. The number of nitrogens with zero attached hydrogens (tertiary/aromatic N) is 2. The summed E-state index contributed by atoms with van der Waals surface area (Å²) in [6.45, 7) is 0.161. The van der Waals surface area contributed by atoms with Crippen LogP contribution in [-0.2, 0) is 16.6 Å². The van der Waals surface area contributed by atoms with Crippen LogP contribution < -0.4 is 10.6 Å². The van der Waals surface area contributed by atoms with E-state index < -0.39 is 12.1 Å². The van der Waals surface area contributed by atoms with Gasteiger partial charge in [-0.05, 0) is 41.0 Å². The van der Waals surface area contributed by atoms with Gasteiger partial charge in [0.25, 0.3) is 5.91 Å². The van der Waals surface area contributed by atoms with Crippen LogP contribution in [0.2, 0.25) is 0 Å². The second-order valence-electron chi connectivity index (χ2n) is 9.09. The summed E-state index contributed by atoms with van der Waals surface area (Å²) < 4.78 is 6.97. The molecule has 1 aromatic heterocycles. The van der Waals surface area contributed by atoms with Crippen LogP contribution in [-0.4, -0.2) is 45.5 Å².